The van der Waals surface area contributed by atoms with Crippen LogP contribution in [0.15, 0.2) is 60.7 Å². The lowest BCUT2D eigenvalue weighted by molar-refractivity contribution is 0.0734. The van der Waals surface area contributed by atoms with Crippen LogP contribution in [-0.4, -0.2) is 67.3 Å². The van der Waals surface area contributed by atoms with Crippen molar-refractivity contribution in [2.24, 2.45) is 5.92 Å². The summed E-state index contributed by atoms with van der Waals surface area (Å²) in [7, 11) is 4.13. The number of hydrogen-bond donors (Lipinski definition) is 1. The molecule has 206 valence electrons. The number of likely N-dealkylation sites (tertiary alicyclic amines) is 1. The van der Waals surface area contributed by atoms with Crippen molar-refractivity contribution >= 4 is 12.1 Å². The fraction of sp³-hybridized carbons (Fsp3) is 0.394. The highest BCUT2D eigenvalue weighted by Crippen LogP contribution is 2.46. The van der Waals surface area contributed by atoms with Gasteiger partial charge in [0.05, 0.1) is 0 Å². The van der Waals surface area contributed by atoms with Gasteiger partial charge in [0.1, 0.15) is 17.9 Å². The third-order valence-electron chi connectivity index (χ3n) is 8.08. The molecular formula is C33H39FN2O3. The number of ketones is 1. The van der Waals surface area contributed by atoms with Gasteiger partial charge in [-0.15, -0.1) is 0 Å². The van der Waals surface area contributed by atoms with Gasteiger partial charge in [0.25, 0.3) is 0 Å². The smallest absolute Gasteiger partial charge is 0.167 e. The minimum Gasteiger partial charge on any atom is -0.508 e. The van der Waals surface area contributed by atoms with Crippen LogP contribution in [0.1, 0.15) is 67.6 Å². The molecule has 4 rings (SSSR count). The molecule has 5 nitrogen and oxygen atoms in total. The molecule has 0 aliphatic carbocycles. The monoisotopic (exact) mass is 530 g/mol. The first-order valence-electron chi connectivity index (χ1n) is 13.7. The van der Waals surface area contributed by atoms with Crippen molar-refractivity contribution in [3.63, 3.8) is 0 Å². The van der Waals surface area contributed by atoms with Crippen molar-refractivity contribution in [2.45, 2.75) is 38.5 Å². The van der Waals surface area contributed by atoms with E-state index < -0.39 is 5.92 Å². The summed E-state index contributed by atoms with van der Waals surface area (Å²) in [5, 5.41) is 10.1. The summed E-state index contributed by atoms with van der Waals surface area (Å²) in [5.74, 6) is -1.19. The van der Waals surface area contributed by atoms with Crippen LogP contribution in [0.5, 0.6) is 5.75 Å². The zero-order chi connectivity index (χ0) is 28.1. The summed E-state index contributed by atoms with van der Waals surface area (Å²) in [6.45, 7) is 6.89. The van der Waals surface area contributed by atoms with Crippen molar-refractivity contribution in [1.82, 2.24) is 9.80 Å². The molecule has 0 bridgehead atoms. The van der Waals surface area contributed by atoms with Gasteiger partial charge >= 0.3 is 0 Å². The molecule has 1 N–H and O–H groups in total. The zero-order valence-electron chi connectivity index (χ0n) is 23.4. The van der Waals surface area contributed by atoms with E-state index in [1.165, 1.54) is 12.1 Å². The largest absolute Gasteiger partial charge is 0.508 e. The van der Waals surface area contributed by atoms with Gasteiger partial charge in [0, 0.05) is 42.0 Å². The van der Waals surface area contributed by atoms with Crippen LogP contribution < -0.4 is 0 Å². The van der Waals surface area contributed by atoms with Gasteiger partial charge in [0.15, 0.2) is 5.78 Å². The van der Waals surface area contributed by atoms with E-state index in [1.54, 1.807) is 31.2 Å². The van der Waals surface area contributed by atoms with Crippen LogP contribution in [0.4, 0.5) is 4.39 Å². The second-order valence-corrected chi connectivity index (χ2v) is 11.1. The summed E-state index contributed by atoms with van der Waals surface area (Å²) in [5.41, 5.74) is 4.46. The number of phenols is 1. The Morgan fingerprint density at radius 2 is 1.79 bits per heavy atom. The standard InChI is InChI=1S/C33H39FN2O3/c1-22-13-14-24(21-37)17-28(22)29-19-36(16-6-5-15-35(3)4)20-30(33(39)25-9-7-10-26(38)18-25)32(29)27-11-8-12-31(34)23(27)2/h7-14,17-18,21,29-30,32,38H,5-6,15-16,19-20H2,1-4H3/t29-,30+,32-/m1/s1. The maximum Gasteiger partial charge on any atom is 0.167 e. The number of phenolic OH excluding ortho intramolecular Hbond substituents is 1. The van der Waals surface area contributed by atoms with Crippen molar-refractivity contribution in [1.29, 1.82) is 0 Å². The summed E-state index contributed by atoms with van der Waals surface area (Å²) in [4.78, 5) is 30.5. The molecule has 0 spiro atoms. The number of aromatic hydroxyl groups is 1. The lowest BCUT2D eigenvalue weighted by Crippen LogP contribution is -2.47. The average molecular weight is 531 g/mol. The molecule has 3 atom stereocenters. The van der Waals surface area contributed by atoms with Crippen molar-refractivity contribution in [2.75, 3.05) is 40.3 Å². The average Bonchev–Trinajstić information content (AvgIpc) is 2.92. The lowest BCUT2D eigenvalue weighted by Gasteiger charge is -2.45. The lowest BCUT2D eigenvalue weighted by atomic mass is 9.67. The van der Waals surface area contributed by atoms with E-state index in [9.17, 15) is 19.1 Å². The van der Waals surface area contributed by atoms with Gasteiger partial charge in [0.2, 0.25) is 0 Å². The second-order valence-electron chi connectivity index (χ2n) is 11.1. The van der Waals surface area contributed by atoms with Crippen molar-refractivity contribution in [3.05, 3.63) is 99.9 Å². The Hall–Kier alpha value is -3.35. The Labute approximate surface area is 231 Å². The fourth-order valence-corrected chi connectivity index (χ4v) is 6.05. The molecule has 6 heteroatoms. The molecular weight excluding hydrogens is 491 g/mol. The molecule has 1 aliphatic heterocycles. The van der Waals surface area contributed by atoms with Gasteiger partial charge < -0.3 is 14.9 Å². The summed E-state index contributed by atoms with van der Waals surface area (Å²) >= 11 is 0. The highest BCUT2D eigenvalue weighted by atomic mass is 19.1. The normalized spacial score (nSPS) is 19.8. The van der Waals surface area contributed by atoms with E-state index in [-0.39, 0.29) is 29.2 Å². The predicted molar refractivity (Wildman–Crippen MR) is 153 cm³/mol. The quantitative estimate of drug-likeness (QED) is 0.198. The molecule has 39 heavy (non-hydrogen) atoms. The molecule has 0 unspecified atom stereocenters. The Bertz CT molecular complexity index is 1320. The predicted octanol–water partition coefficient (Wildman–Crippen LogP) is 5.98. The molecule has 0 saturated carbocycles. The molecule has 1 aliphatic rings. The summed E-state index contributed by atoms with van der Waals surface area (Å²) in [6, 6.07) is 17.3. The van der Waals surface area contributed by atoms with Crippen molar-refractivity contribution < 1.29 is 19.1 Å². The number of nitrogens with zero attached hydrogens (tertiary/aromatic N) is 2. The maximum absolute atomic E-state index is 14.9. The van der Waals surface area contributed by atoms with Gasteiger partial charge in [-0.25, -0.2) is 4.39 Å². The number of benzene rings is 3. The first-order chi connectivity index (χ1) is 18.7. The molecule has 1 saturated heterocycles. The number of carbonyl (C=O) groups excluding carboxylic acids is 2. The van der Waals surface area contributed by atoms with Crippen LogP contribution >= 0.6 is 0 Å². The number of unbranched alkanes of at least 4 members (excludes halogenated alkanes) is 1. The van der Waals surface area contributed by atoms with Crippen LogP contribution in [0.25, 0.3) is 0 Å². The maximum atomic E-state index is 14.9. The molecule has 3 aromatic carbocycles. The molecule has 3 aromatic rings. The van der Waals surface area contributed by atoms with E-state index in [2.05, 4.69) is 23.9 Å². The van der Waals surface area contributed by atoms with Crippen LogP contribution in [0.3, 0.4) is 0 Å². The third kappa shape index (κ3) is 6.63. The number of aldehydes is 1. The number of hydrogen-bond acceptors (Lipinski definition) is 5. The number of aryl methyl sites for hydroxylation is 1. The fourth-order valence-electron chi connectivity index (χ4n) is 6.05. The second kappa shape index (κ2) is 12.7. The number of rotatable bonds is 10. The van der Waals surface area contributed by atoms with E-state index in [0.717, 1.165) is 48.9 Å². The van der Waals surface area contributed by atoms with Crippen LogP contribution in [-0.2, 0) is 0 Å². The SMILES string of the molecule is Cc1ccc(C=O)cc1[C@H]1CN(CCCCN(C)C)C[C@H](C(=O)c2cccc(O)c2)[C@@H]1c1cccc(F)c1C. The van der Waals surface area contributed by atoms with Gasteiger partial charge in [-0.05, 0) is 100 Å². The highest BCUT2D eigenvalue weighted by molar-refractivity contribution is 5.99. The number of carbonyl (C=O) groups is 2. The van der Waals surface area contributed by atoms with E-state index in [0.29, 0.717) is 29.8 Å². The molecule has 0 aromatic heterocycles. The number of Topliss-reactive ketones (excluding diaryl/α,β-unsaturated/α-hetero) is 1. The van der Waals surface area contributed by atoms with Crippen molar-refractivity contribution in [3.8, 4) is 5.75 Å². The van der Waals surface area contributed by atoms with E-state index in [4.69, 9.17) is 0 Å². The van der Waals surface area contributed by atoms with Gasteiger partial charge in [-0.1, -0.05) is 36.4 Å². The molecule has 0 radical (unpaired) electrons. The van der Waals surface area contributed by atoms with Gasteiger partial charge in [-0.2, -0.15) is 0 Å². The van der Waals surface area contributed by atoms with Gasteiger partial charge in [-0.3, -0.25) is 9.59 Å². The Balaban J connectivity index is 1.83. The Morgan fingerprint density at radius 3 is 2.51 bits per heavy atom. The first-order valence-corrected chi connectivity index (χ1v) is 13.7. The summed E-state index contributed by atoms with van der Waals surface area (Å²) in [6.07, 6.45) is 2.89. The first kappa shape index (κ1) is 28.7. The molecule has 1 fully saturated rings. The van der Waals surface area contributed by atoms with E-state index in [1.807, 2.05) is 31.2 Å². The zero-order valence-corrected chi connectivity index (χ0v) is 23.4. The number of halogens is 1. The highest BCUT2D eigenvalue weighted by Gasteiger charge is 2.43. The number of piperidine rings is 1. The Kier molecular flexibility index (Phi) is 9.31. The molecule has 1 heterocycles. The Morgan fingerprint density at radius 1 is 1.03 bits per heavy atom. The van der Waals surface area contributed by atoms with Crippen LogP contribution in [0.2, 0.25) is 0 Å². The minimum absolute atomic E-state index is 0.0433. The third-order valence-corrected chi connectivity index (χ3v) is 8.08. The minimum atomic E-state index is -0.459. The van der Waals surface area contributed by atoms with Crippen LogP contribution in [0, 0.1) is 25.6 Å². The molecule has 0 amide bonds. The van der Waals surface area contributed by atoms with E-state index >= 15 is 0 Å². The summed E-state index contributed by atoms with van der Waals surface area (Å²) < 4.78 is 14.9. The topological polar surface area (TPSA) is 60.9 Å².